The number of aliphatic carboxylic acids is 1. The van der Waals surface area contributed by atoms with Crippen molar-refractivity contribution in [3.63, 3.8) is 0 Å². The Morgan fingerprint density at radius 3 is 2.65 bits per heavy atom. The summed E-state index contributed by atoms with van der Waals surface area (Å²) in [6.45, 7) is 6.80. The number of carboxylic acids is 1. The molecule has 1 N–H and O–H groups in total. The van der Waals surface area contributed by atoms with Crippen LogP contribution in [0.4, 0.5) is 4.79 Å². The molecule has 1 unspecified atom stereocenters. The van der Waals surface area contributed by atoms with Crippen molar-refractivity contribution in [2.75, 3.05) is 26.2 Å². The SMILES string of the molecule is CC1CN(C(=O)N(CC(=O)O)C(C)C)CCO1. The van der Waals surface area contributed by atoms with E-state index in [1.54, 1.807) is 4.90 Å². The first-order chi connectivity index (χ1) is 7.91. The van der Waals surface area contributed by atoms with Gasteiger partial charge in [-0.15, -0.1) is 0 Å². The van der Waals surface area contributed by atoms with E-state index in [1.807, 2.05) is 20.8 Å². The van der Waals surface area contributed by atoms with Gasteiger partial charge in [-0.25, -0.2) is 4.79 Å². The van der Waals surface area contributed by atoms with Gasteiger partial charge in [0.15, 0.2) is 0 Å². The van der Waals surface area contributed by atoms with Gasteiger partial charge in [-0.1, -0.05) is 0 Å². The van der Waals surface area contributed by atoms with E-state index in [0.717, 1.165) is 0 Å². The Morgan fingerprint density at radius 2 is 2.18 bits per heavy atom. The molecule has 0 bridgehead atoms. The molecule has 1 saturated heterocycles. The number of carbonyl (C=O) groups excluding carboxylic acids is 1. The summed E-state index contributed by atoms with van der Waals surface area (Å²) in [6.07, 6.45) is 0.00606. The third kappa shape index (κ3) is 3.89. The molecule has 2 amide bonds. The molecular formula is C11H20N2O4. The maximum Gasteiger partial charge on any atom is 0.323 e. The standard InChI is InChI=1S/C11H20N2O4/c1-8(2)13(7-10(14)15)11(16)12-4-5-17-9(3)6-12/h8-9H,4-7H2,1-3H3,(H,14,15). The van der Waals surface area contributed by atoms with Crippen LogP contribution < -0.4 is 0 Å². The monoisotopic (exact) mass is 244 g/mol. The Labute approximate surface area is 101 Å². The van der Waals surface area contributed by atoms with Crippen LogP contribution in [0.1, 0.15) is 20.8 Å². The minimum absolute atomic E-state index is 0.00606. The van der Waals surface area contributed by atoms with Crippen molar-refractivity contribution in [2.45, 2.75) is 32.9 Å². The first-order valence-corrected chi connectivity index (χ1v) is 5.80. The molecule has 0 aliphatic carbocycles. The third-order valence-electron chi connectivity index (χ3n) is 2.69. The molecule has 0 aromatic rings. The molecule has 6 heteroatoms. The van der Waals surface area contributed by atoms with Gasteiger partial charge in [-0.2, -0.15) is 0 Å². The lowest BCUT2D eigenvalue weighted by atomic mass is 10.3. The summed E-state index contributed by atoms with van der Waals surface area (Å²) in [7, 11) is 0. The maximum atomic E-state index is 12.2. The van der Waals surface area contributed by atoms with E-state index in [2.05, 4.69) is 0 Å². The van der Waals surface area contributed by atoms with Crippen molar-refractivity contribution in [3.05, 3.63) is 0 Å². The summed E-state index contributed by atoms with van der Waals surface area (Å²) in [6, 6.07) is -0.352. The van der Waals surface area contributed by atoms with Gasteiger partial charge in [0.05, 0.1) is 12.7 Å². The second-order valence-corrected chi connectivity index (χ2v) is 4.53. The minimum Gasteiger partial charge on any atom is -0.480 e. The van der Waals surface area contributed by atoms with Crippen molar-refractivity contribution in [2.24, 2.45) is 0 Å². The summed E-state index contributed by atoms with van der Waals surface area (Å²) in [4.78, 5) is 25.9. The number of carboxylic acid groups (broad SMARTS) is 1. The molecule has 0 saturated carbocycles. The number of morpholine rings is 1. The van der Waals surface area contributed by atoms with E-state index in [1.165, 1.54) is 4.90 Å². The predicted molar refractivity (Wildman–Crippen MR) is 61.9 cm³/mol. The van der Waals surface area contributed by atoms with Crippen LogP contribution >= 0.6 is 0 Å². The third-order valence-corrected chi connectivity index (χ3v) is 2.69. The Balaban J connectivity index is 2.66. The lowest BCUT2D eigenvalue weighted by Crippen LogP contribution is -2.53. The topological polar surface area (TPSA) is 70.1 Å². The fourth-order valence-electron chi connectivity index (χ4n) is 1.79. The Hall–Kier alpha value is -1.30. The number of carbonyl (C=O) groups is 2. The van der Waals surface area contributed by atoms with Gasteiger partial charge in [0, 0.05) is 19.1 Å². The van der Waals surface area contributed by atoms with Crippen LogP contribution in [0, 0.1) is 0 Å². The normalized spacial score (nSPS) is 20.5. The van der Waals surface area contributed by atoms with Gasteiger partial charge in [0.25, 0.3) is 0 Å². The highest BCUT2D eigenvalue weighted by Gasteiger charge is 2.28. The molecule has 98 valence electrons. The Morgan fingerprint density at radius 1 is 1.53 bits per heavy atom. The summed E-state index contributed by atoms with van der Waals surface area (Å²) in [5.74, 6) is -0.992. The summed E-state index contributed by atoms with van der Waals surface area (Å²) >= 11 is 0. The van der Waals surface area contributed by atoms with Gasteiger partial charge in [0.2, 0.25) is 0 Å². The highest BCUT2D eigenvalue weighted by molar-refractivity contribution is 5.80. The number of nitrogens with zero attached hydrogens (tertiary/aromatic N) is 2. The lowest BCUT2D eigenvalue weighted by Gasteiger charge is -2.36. The summed E-state index contributed by atoms with van der Waals surface area (Å²) in [5.41, 5.74) is 0. The second kappa shape index (κ2) is 5.86. The van der Waals surface area contributed by atoms with Crippen LogP contribution in [0.25, 0.3) is 0 Å². The summed E-state index contributed by atoms with van der Waals surface area (Å²) in [5, 5.41) is 8.79. The van der Waals surface area contributed by atoms with Crippen molar-refractivity contribution in [3.8, 4) is 0 Å². The van der Waals surface area contributed by atoms with Crippen molar-refractivity contribution in [1.82, 2.24) is 9.80 Å². The van der Waals surface area contributed by atoms with E-state index in [9.17, 15) is 9.59 Å². The van der Waals surface area contributed by atoms with Gasteiger partial charge >= 0.3 is 12.0 Å². The fourth-order valence-corrected chi connectivity index (χ4v) is 1.79. The van der Waals surface area contributed by atoms with Crippen LogP contribution in [-0.4, -0.2) is 65.3 Å². The van der Waals surface area contributed by atoms with Crippen LogP contribution in [0.3, 0.4) is 0 Å². The largest absolute Gasteiger partial charge is 0.480 e. The van der Waals surface area contributed by atoms with Crippen LogP contribution in [0.2, 0.25) is 0 Å². The number of rotatable bonds is 3. The van der Waals surface area contributed by atoms with Crippen molar-refractivity contribution >= 4 is 12.0 Å². The first-order valence-electron chi connectivity index (χ1n) is 5.80. The molecule has 0 radical (unpaired) electrons. The fraction of sp³-hybridized carbons (Fsp3) is 0.818. The zero-order chi connectivity index (χ0) is 13.0. The van der Waals surface area contributed by atoms with E-state index < -0.39 is 5.97 Å². The minimum atomic E-state index is -0.992. The molecule has 1 atom stereocenters. The maximum absolute atomic E-state index is 12.2. The second-order valence-electron chi connectivity index (χ2n) is 4.53. The van der Waals surface area contributed by atoms with E-state index in [-0.39, 0.29) is 24.7 Å². The molecule has 6 nitrogen and oxygen atoms in total. The lowest BCUT2D eigenvalue weighted by molar-refractivity contribution is -0.138. The molecule has 1 aliphatic rings. The van der Waals surface area contributed by atoms with Gasteiger partial charge < -0.3 is 19.6 Å². The smallest absolute Gasteiger partial charge is 0.323 e. The molecule has 0 aromatic carbocycles. The first kappa shape index (κ1) is 13.8. The van der Waals surface area contributed by atoms with Crippen molar-refractivity contribution < 1.29 is 19.4 Å². The average Bonchev–Trinajstić information content (AvgIpc) is 2.24. The predicted octanol–water partition coefficient (Wildman–Crippen LogP) is 0.622. The molecule has 0 spiro atoms. The van der Waals surface area contributed by atoms with E-state index >= 15 is 0 Å². The molecule has 1 aliphatic heterocycles. The zero-order valence-electron chi connectivity index (χ0n) is 10.5. The molecule has 17 heavy (non-hydrogen) atoms. The Bertz CT molecular complexity index is 293. The van der Waals surface area contributed by atoms with Crippen molar-refractivity contribution in [1.29, 1.82) is 0 Å². The van der Waals surface area contributed by atoms with Gasteiger partial charge in [-0.3, -0.25) is 4.79 Å². The number of hydrogen-bond acceptors (Lipinski definition) is 3. The van der Waals surface area contributed by atoms with Crippen LogP contribution in [-0.2, 0) is 9.53 Å². The Kier molecular flexibility index (Phi) is 4.74. The highest BCUT2D eigenvalue weighted by atomic mass is 16.5. The number of urea groups is 1. The molecule has 0 aromatic heterocycles. The average molecular weight is 244 g/mol. The quantitative estimate of drug-likeness (QED) is 0.790. The van der Waals surface area contributed by atoms with Crippen LogP contribution in [0.5, 0.6) is 0 Å². The van der Waals surface area contributed by atoms with E-state index in [4.69, 9.17) is 9.84 Å². The van der Waals surface area contributed by atoms with Gasteiger partial charge in [0.1, 0.15) is 6.54 Å². The highest BCUT2D eigenvalue weighted by Crippen LogP contribution is 2.10. The molecule has 1 fully saturated rings. The molecule has 1 rings (SSSR count). The summed E-state index contributed by atoms with van der Waals surface area (Å²) < 4.78 is 5.35. The van der Waals surface area contributed by atoms with E-state index in [0.29, 0.717) is 19.7 Å². The number of hydrogen-bond donors (Lipinski definition) is 1. The zero-order valence-corrected chi connectivity index (χ0v) is 10.5. The number of ether oxygens (including phenoxy) is 1. The molecule has 1 heterocycles. The van der Waals surface area contributed by atoms with Gasteiger partial charge in [-0.05, 0) is 20.8 Å². The number of amides is 2. The molecular weight excluding hydrogens is 224 g/mol. The van der Waals surface area contributed by atoms with Crippen LogP contribution in [0.15, 0.2) is 0 Å².